The predicted molar refractivity (Wildman–Crippen MR) is 208 cm³/mol. The molecule has 0 spiro atoms. The molecule has 13 heteroatoms. The number of hydrogen-bond acceptors (Lipinski definition) is 9. The van der Waals surface area contributed by atoms with E-state index in [9.17, 15) is 14.4 Å². The van der Waals surface area contributed by atoms with Gasteiger partial charge in [0.15, 0.2) is 0 Å². The molecule has 0 aliphatic rings. The maximum absolute atomic E-state index is 13.1. The first-order valence-electron chi connectivity index (χ1n) is 16.7. The lowest BCUT2D eigenvalue weighted by atomic mass is 10.0. The van der Waals surface area contributed by atoms with E-state index >= 15 is 0 Å². The third kappa shape index (κ3) is 15.5. The van der Waals surface area contributed by atoms with Crippen molar-refractivity contribution < 1.29 is 23.4 Å². The summed E-state index contributed by atoms with van der Waals surface area (Å²) in [5.74, 6) is 0.0705. The molecule has 11 nitrogen and oxygen atoms in total. The summed E-state index contributed by atoms with van der Waals surface area (Å²) >= 11 is 3.01. The van der Waals surface area contributed by atoms with Crippen molar-refractivity contribution in [3.8, 4) is 0 Å². The fourth-order valence-corrected chi connectivity index (χ4v) is 6.13. The van der Waals surface area contributed by atoms with Crippen LogP contribution in [0.2, 0.25) is 0 Å². The highest BCUT2D eigenvalue weighted by Gasteiger charge is 2.24. The van der Waals surface area contributed by atoms with Crippen molar-refractivity contribution in [2.45, 2.75) is 71.2 Å². The predicted octanol–water partition coefficient (Wildman–Crippen LogP) is 6.96. The summed E-state index contributed by atoms with van der Waals surface area (Å²) in [6.45, 7) is 7.53. The van der Waals surface area contributed by atoms with Gasteiger partial charge in [-0.2, -0.15) is 0 Å². The maximum Gasteiger partial charge on any atom is 0.407 e. The quantitative estimate of drug-likeness (QED) is 0.107. The van der Waals surface area contributed by atoms with Gasteiger partial charge in [0, 0.05) is 48.0 Å². The molecule has 0 saturated heterocycles. The van der Waals surface area contributed by atoms with Crippen molar-refractivity contribution in [2.75, 3.05) is 34.2 Å². The number of nitrogens with zero attached hydrogens (tertiary/aromatic N) is 4. The van der Waals surface area contributed by atoms with Gasteiger partial charge in [0.05, 0.1) is 27.6 Å². The van der Waals surface area contributed by atoms with E-state index in [4.69, 9.17) is 4.74 Å². The van der Waals surface area contributed by atoms with Gasteiger partial charge in [-0.25, -0.2) is 14.6 Å². The van der Waals surface area contributed by atoms with Gasteiger partial charge in [0.25, 0.3) is 0 Å². The molecule has 0 aliphatic carbocycles. The molecule has 0 bridgehead atoms. The Hall–Kier alpha value is -4.33. The van der Waals surface area contributed by atoms with Crippen molar-refractivity contribution in [3.05, 3.63) is 104 Å². The monoisotopic (exact) mass is 727 g/mol. The molecule has 50 heavy (non-hydrogen) atoms. The lowest BCUT2D eigenvalue weighted by molar-refractivity contribution is -0.123. The van der Waals surface area contributed by atoms with Crippen LogP contribution in [-0.4, -0.2) is 84.1 Å². The smallest absolute Gasteiger partial charge is 0.407 e. The van der Waals surface area contributed by atoms with E-state index in [1.165, 1.54) is 21.8 Å². The number of urea groups is 1. The fraction of sp³-hybridized carbons (Fsp3) is 0.432. The van der Waals surface area contributed by atoms with Gasteiger partial charge in [0.2, 0.25) is 5.91 Å². The number of carbonyl (C=O) groups excluding carboxylic acids is 3. The molecule has 2 aromatic heterocycles. The Morgan fingerprint density at radius 3 is 2.24 bits per heavy atom. The standard InChI is InChI=1S/C30H43N7O4S2.C7H8.3H2/c1-21(2)28-33-24(19-42-28)16-37(5)29(39)35-26(17-36(3)4)27(38)32-13-9-12-23(14-22-10-7-6-8-11-22)34-30(40)41-18-25-15-31-20-43-25;1-7-5-3-2-4-6-7;;;/h6-8,10-11,15,19-21,23,26H,9,12-14,16-18H2,1-5H3,(H,32,38)(H,34,40)(H,35,39);2-6H,1H3;3*1H/t23-,26?;;;;/m1..../s1. The minimum absolute atomic E-state index is 0. The van der Waals surface area contributed by atoms with Crippen LogP contribution in [0.25, 0.3) is 0 Å². The van der Waals surface area contributed by atoms with Gasteiger partial charge in [-0.1, -0.05) is 80.1 Å². The molecule has 2 atom stereocenters. The number of rotatable bonds is 16. The minimum Gasteiger partial charge on any atom is -0.444 e. The highest BCUT2D eigenvalue weighted by molar-refractivity contribution is 7.09. The van der Waals surface area contributed by atoms with Crippen LogP contribution in [0.5, 0.6) is 0 Å². The highest BCUT2D eigenvalue weighted by Crippen LogP contribution is 2.20. The van der Waals surface area contributed by atoms with Crippen LogP contribution < -0.4 is 16.0 Å². The summed E-state index contributed by atoms with van der Waals surface area (Å²) in [4.78, 5) is 51.4. The van der Waals surface area contributed by atoms with Crippen LogP contribution in [0.3, 0.4) is 0 Å². The summed E-state index contributed by atoms with van der Waals surface area (Å²) in [7, 11) is 5.40. The van der Waals surface area contributed by atoms with Gasteiger partial charge in [-0.05, 0) is 45.8 Å². The van der Waals surface area contributed by atoms with E-state index in [1.807, 2.05) is 72.9 Å². The van der Waals surface area contributed by atoms with Gasteiger partial charge >= 0.3 is 12.1 Å². The molecule has 0 fully saturated rings. The maximum atomic E-state index is 13.1. The summed E-state index contributed by atoms with van der Waals surface area (Å²) < 4.78 is 5.37. The van der Waals surface area contributed by atoms with Crippen LogP contribution >= 0.6 is 22.7 Å². The molecule has 1 unspecified atom stereocenters. The van der Waals surface area contributed by atoms with E-state index in [-0.39, 0.29) is 28.9 Å². The summed E-state index contributed by atoms with van der Waals surface area (Å²) in [5, 5.41) is 11.8. The number of carbonyl (C=O) groups is 3. The van der Waals surface area contributed by atoms with Crippen molar-refractivity contribution in [1.82, 2.24) is 35.7 Å². The van der Waals surface area contributed by atoms with Crippen molar-refractivity contribution in [1.29, 1.82) is 0 Å². The molecule has 0 radical (unpaired) electrons. The van der Waals surface area contributed by atoms with Gasteiger partial charge in [-0.3, -0.25) is 9.78 Å². The number of likely N-dealkylation sites (N-methyl/N-ethyl adjacent to an activating group) is 1. The van der Waals surface area contributed by atoms with Crippen LogP contribution in [0, 0.1) is 6.92 Å². The first-order chi connectivity index (χ1) is 24.0. The Morgan fingerprint density at radius 1 is 0.960 bits per heavy atom. The number of ether oxygens (including phenoxy) is 1. The Labute approximate surface area is 308 Å². The van der Waals surface area contributed by atoms with Crippen molar-refractivity contribution in [2.24, 2.45) is 0 Å². The molecular formula is C37H57N7O4S2. The third-order valence-corrected chi connectivity index (χ3v) is 9.36. The topological polar surface area (TPSA) is 129 Å². The largest absolute Gasteiger partial charge is 0.444 e. The van der Waals surface area contributed by atoms with Crippen molar-refractivity contribution >= 4 is 40.7 Å². The molecule has 0 aliphatic heterocycles. The zero-order valence-electron chi connectivity index (χ0n) is 29.9. The minimum atomic E-state index is -0.730. The average Bonchev–Trinajstić information content (AvgIpc) is 3.79. The SMILES string of the molecule is CC(C)c1nc(CN(C)C(=O)NC(CN(C)C)C(=O)NCCC[C@H](Cc2ccccc2)NC(=O)OCc2cncs2)cs1.Cc1ccccc1.[HH].[HH].[HH]. The van der Waals surface area contributed by atoms with E-state index in [0.717, 1.165) is 21.1 Å². The number of nitrogens with one attached hydrogen (secondary N) is 3. The van der Waals surface area contributed by atoms with Crippen LogP contribution in [0.1, 0.15) is 63.6 Å². The number of amides is 4. The van der Waals surface area contributed by atoms with Crippen LogP contribution in [-0.2, 0) is 29.1 Å². The first kappa shape index (κ1) is 40.1. The molecule has 4 aromatic rings. The molecule has 276 valence electrons. The molecule has 2 heterocycles. The van der Waals surface area contributed by atoms with E-state index in [2.05, 4.69) is 58.8 Å². The molecule has 2 aromatic carbocycles. The van der Waals surface area contributed by atoms with Gasteiger partial charge < -0.3 is 30.5 Å². The van der Waals surface area contributed by atoms with E-state index in [1.54, 1.807) is 30.1 Å². The fourth-order valence-electron chi connectivity index (χ4n) is 4.79. The Kier molecular flexibility index (Phi) is 17.4. The Morgan fingerprint density at radius 2 is 1.66 bits per heavy atom. The first-order valence-corrected chi connectivity index (χ1v) is 18.5. The summed E-state index contributed by atoms with van der Waals surface area (Å²) in [5.41, 5.74) is 4.93. The number of thiazole rings is 2. The molecule has 0 saturated carbocycles. The second-order valence-electron chi connectivity index (χ2n) is 12.6. The number of alkyl carbamates (subject to hydrolysis) is 1. The van der Waals surface area contributed by atoms with Crippen LogP contribution in [0.4, 0.5) is 9.59 Å². The summed E-state index contributed by atoms with van der Waals surface area (Å²) in [6.07, 6.45) is 3.07. The average molecular weight is 728 g/mol. The summed E-state index contributed by atoms with van der Waals surface area (Å²) in [6, 6.07) is 18.9. The normalized spacial score (nSPS) is 12.0. The molecule has 3 N–H and O–H groups in total. The van der Waals surface area contributed by atoms with E-state index < -0.39 is 12.1 Å². The van der Waals surface area contributed by atoms with Crippen LogP contribution in [0.15, 0.2) is 77.8 Å². The lowest BCUT2D eigenvalue weighted by Crippen LogP contribution is -2.54. The Bertz CT molecular complexity index is 1570. The zero-order chi connectivity index (χ0) is 36.3. The number of benzene rings is 2. The highest BCUT2D eigenvalue weighted by atomic mass is 32.1. The number of aromatic nitrogens is 2. The Balaban J connectivity index is 0.00000242. The zero-order valence-corrected chi connectivity index (χ0v) is 31.6. The lowest BCUT2D eigenvalue weighted by Gasteiger charge is -2.25. The second kappa shape index (κ2) is 21.7. The van der Waals surface area contributed by atoms with Crippen molar-refractivity contribution in [3.63, 3.8) is 0 Å². The second-order valence-corrected chi connectivity index (χ2v) is 14.5. The third-order valence-electron chi connectivity index (χ3n) is 7.42. The van der Waals surface area contributed by atoms with Gasteiger partial charge in [0.1, 0.15) is 12.6 Å². The molecule has 4 amide bonds. The molecule has 4 rings (SSSR count). The number of hydrogen-bond donors (Lipinski definition) is 3. The number of aryl methyl sites for hydroxylation is 1. The molecular weight excluding hydrogens is 671 g/mol. The van der Waals surface area contributed by atoms with E-state index in [0.29, 0.717) is 44.8 Å². The van der Waals surface area contributed by atoms with Gasteiger partial charge in [-0.15, -0.1) is 22.7 Å².